The summed E-state index contributed by atoms with van der Waals surface area (Å²) in [4.78, 5) is 16.4. The highest BCUT2D eigenvalue weighted by Crippen LogP contribution is 2.29. The van der Waals surface area contributed by atoms with Crippen LogP contribution < -0.4 is 0 Å². The summed E-state index contributed by atoms with van der Waals surface area (Å²) in [6.45, 7) is 4.74. The number of likely N-dealkylation sites (tertiary alicyclic amines) is 1. The zero-order valence-corrected chi connectivity index (χ0v) is 18.1. The van der Waals surface area contributed by atoms with E-state index in [0.29, 0.717) is 11.6 Å². The fraction of sp³-hybridized carbons (Fsp3) is 0.296. The molecule has 3 heteroatoms. The highest BCUT2D eigenvalue weighted by atomic mass is 16.2. The Labute approximate surface area is 180 Å². The van der Waals surface area contributed by atoms with Gasteiger partial charge in [-0.05, 0) is 72.8 Å². The number of hydrogen-bond donors (Lipinski definition) is 0. The van der Waals surface area contributed by atoms with Crippen molar-refractivity contribution in [2.45, 2.75) is 25.8 Å². The van der Waals surface area contributed by atoms with Crippen molar-refractivity contribution < 1.29 is 4.79 Å². The Morgan fingerprint density at radius 3 is 1.90 bits per heavy atom. The third-order valence-corrected chi connectivity index (χ3v) is 6.15. The van der Waals surface area contributed by atoms with Crippen LogP contribution in [0.3, 0.4) is 0 Å². The Hall–Kier alpha value is -2.91. The molecule has 0 radical (unpaired) electrons. The van der Waals surface area contributed by atoms with Gasteiger partial charge in [0.25, 0.3) is 5.91 Å². The van der Waals surface area contributed by atoms with Gasteiger partial charge in [-0.25, -0.2) is 0 Å². The Kier molecular flexibility index (Phi) is 6.01. The number of benzene rings is 3. The van der Waals surface area contributed by atoms with E-state index >= 15 is 0 Å². The summed E-state index contributed by atoms with van der Waals surface area (Å²) in [5.41, 5.74) is 6.72. The molecule has 0 spiro atoms. The maximum atomic E-state index is 12.2. The van der Waals surface area contributed by atoms with Gasteiger partial charge < -0.3 is 4.90 Å². The van der Waals surface area contributed by atoms with Crippen molar-refractivity contribution in [2.75, 3.05) is 27.2 Å². The van der Waals surface area contributed by atoms with Gasteiger partial charge in [-0.1, -0.05) is 60.7 Å². The van der Waals surface area contributed by atoms with E-state index in [1.165, 1.54) is 42.6 Å². The minimum Gasteiger partial charge on any atom is -0.345 e. The van der Waals surface area contributed by atoms with E-state index in [2.05, 4.69) is 66.4 Å². The summed E-state index contributed by atoms with van der Waals surface area (Å²) in [7, 11) is 3.56. The maximum Gasteiger partial charge on any atom is 0.253 e. The molecule has 3 aromatic rings. The molecule has 1 atom stereocenters. The number of rotatable bonds is 5. The first kappa shape index (κ1) is 20.4. The molecule has 1 amide bonds. The first-order valence-corrected chi connectivity index (χ1v) is 10.8. The molecule has 0 saturated carbocycles. The maximum absolute atomic E-state index is 12.2. The molecule has 1 saturated heterocycles. The van der Waals surface area contributed by atoms with Gasteiger partial charge in [-0.2, -0.15) is 0 Å². The van der Waals surface area contributed by atoms with Gasteiger partial charge in [0.15, 0.2) is 0 Å². The van der Waals surface area contributed by atoms with Gasteiger partial charge in [0.1, 0.15) is 0 Å². The van der Waals surface area contributed by atoms with Crippen molar-refractivity contribution >= 4 is 5.91 Å². The largest absolute Gasteiger partial charge is 0.345 e. The SMILES string of the molecule is CC(c1ccc(-c2ccc(-c3cccc(C(=O)N(C)C)c3)cc2)cc1)N1CCCC1. The van der Waals surface area contributed by atoms with Crippen LogP contribution in [-0.2, 0) is 0 Å². The van der Waals surface area contributed by atoms with Gasteiger partial charge in [-0.15, -0.1) is 0 Å². The molecule has 0 N–H and O–H groups in total. The molecule has 1 aliphatic rings. The standard InChI is InChI=1S/C27H30N2O/c1-20(29-17-4-5-18-29)21-9-11-22(12-10-21)23-13-15-24(16-14-23)25-7-6-8-26(19-25)27(30)28(2)3/h6-16,19-20H,4-5,17-18H2,1-3H3. The number of nitrogens with zero attached hydrogens (tertiary/aromatic N) is 2. The lowest BCUT2D eigenvalue weighted by Crippen LogP contribution is -2.23. The summed E-state index contributed by atoms with van der Waals surface area (Å²) in [6.07, 6.45) is 2.64. The summed E-state index contributed by atoms with van der Waals surface area (Å²) in [5, 5.41) is 0. The van der Waals surface area contributed by atoms with Crippen molar-refractivity contribution in [3.63, 3.8) is 0 Å². The quantitative estimate of drug-likeness (QED) is 0.536. The first-order valence-electron chi connectivity index (χ1n) is 10.8. The Balaban J connectivity index is 1.51. The minimum absolute atomic E-state index is 0.0247. The third kappa shape index (κ3) is 4.31. The first-order chi connectivity index (χ1) is 14.5. The Bertz CT molecular complexity index is 1000. The molecule has 4 rings (SSSR count). The van der Waals surface area contributed by atoms with E-state index in [-0.39, 0.29) is 5.91 Å². The van der Waals surface area contributed by atoms with E-state index in [0.717, 1.165) is 11.1 Å². The number of carbonyl (C=O) groups is 1. The fourth-order valence-electron chi connectivity index (χ4n) is 4.24. The van der Waals surface area contributed by atoms with Crippen LogP contribution in [0.25, 0.3) is 22.3 Å². The van der Waals surface area contributed by atoms with Gasteiger partial charge in [0.2, 0.25) is 0 Å². The molecule has 0 bridgehead atoms. The normalized spacial score (nSPS) is 15.2. The molecule has 1 aliphatic heterocycles. The topological polar surface area (TPSA) is 23.6 Å². The summed E-state index contributed by atoms with van der Waals surface area (Å²) in [6, 6.07) is 25.9. The lowest BCUT2D eigenvalue weighted by Gasteiger charge is -2.24. The number of hydrogen-bond acceptors (Lipinski definition) is 2. The van der Waals surface area contributed by atoms with Crippen molar-refractivity contribution in [1.29, 1.82) is 0 Å². The highest BCUT2D eigenvalue weighted by Gasteiger charge is 2.19. The molecule has 1 unspecified atom stereocenters. The van der Waals surface area contributed by atoms with Crippen LogP contribution in [0.15, 0.2) is 72.8 Å². The molecule has 1 heterocycles. The van der Waals surface area contributed by atoms with Gasteiger partial charge >= 0.3 is 0 Å². The van der Waals surface area contributed by atoms with E-state index < -0.39 is 0 Å². The summed E-state index contributed by atoms with van der Waals surface area (Å²) >= 11 is 0. The lowest BCUT2D eigenvalue weighted by molar-refractivity contribution is 0.0827. The molecule has 30 heavy (non-hydrogen) atoms. The van der Waals surface area contributed by atoms with E-state index in [1.807, 2.05) is 18.2 Å². The average Bonchev–Trinajstić information content (AvgIpc) is 3.33. The average molecular weight is 399 g/mol. The van der Waals surface area contributed by atoms with E-state index in [4.69, 9.17) is 0 Å². The second-order valence-electron chi connectivity index (χ2n) is 8.40. The molecule has 0 aromatic heterocycles. The van der Waals surface area contributed by atoms with Crippen LogP contribution in [0.5, 0.6) is 0 Å². The predicted octanol–water partition coefficient (Wildman–Crippen LogP) is 5.88. The monoisotopic (exact) mass is 398 g/mol. The van der Waals surface area contributed by atoms with Gasteiger partial charge in [0.05, 0.1) is 0 Å². The van der Waals surface area contributed by atoms with E-state index in [1.54, 1.807) is 19.0 Å². The second kappa shape index (κ2) is 8.85. The van der Waals surface area contributed by atoms with Gasteiger partial charge in [-0.3, -0.25) is 9.69 Å². The molecule has 154 valence electrons. The van der Waals surface area contributed by atoms with Crippen LogP contribution in [0, 0.1) is 0 Å². The van der Waals surface area contributed by atoms with Crippen molar-refractivity contribution in [3.8, 4) is 22.3 Å². The Morgan fingerprint density at radius 1 is 0.800 bits per heavy atom. The number of amides is 1. The summed E-state index contributed by atoms with van der Waals surface area (Å²) < 4.78 is 0. The fourth-order valence-corrected chi connectivity index (χ4v) is 4.24. The Morgan fingerprint density at radius 2 is 1.33 bits per heavy atom. The van der Waals surface area contributed by atoms with Crippen LogP contribution >= 0.6 is 0 Å². The third-order valence-electron chi connectivity index (χ3n) is 6.15. The molecular weight excluding hydrogens is 368 g/mol. The predicted molar refractivity (Wildman–Crippen MR) is 125 cm³/mol. The van der Waals surface area contributed by atoms with Crippen molar-refractivity contribution in [2.24, 2.45) is 0 Å². The van der Waals surface area contributed by atoms with Gasteiger partial charge in [0, 0.05) is 25.7 Å². The van der Waals surface area contributed by atoms with Crippen LogP contribution in [0.1, 0.15) is 41.7 Å². The summed E-state index contributed by atoms with van der Waals surface area (Å²) in [5.74, 6) is 0.0247. The van der Waals surface area contributed by atoms with Crippen LogP contribution in [0.4, 0.5) is 0 Å². The molecule has 3 aromatic carbocycles. The molecule has 1 fully saturated rings. The highest BCUT2D eigenvalue weighted by molar-refractivity contribution is 5.95. The minimum atomic E-state index is 0.0247. The molecule has 0 aliphatic carbocycles. The van der Waals surface area contributed by atoms with Crippen molar-refractivity contribution in [3.05, 3.63) is 83.9 Å². The lowest BCUT2D eigenvalue weighted by atomic mass is 9.97. The van der Waals surface area contributed by atoms with Crippen LogP contribution in [-0.4, -0.2) is 42.9 Å². The van der Waals surface area contributed by atoms with E-state index in [9.17, 15) is 4.79 Å². The number of carbonyl (C=O) groups excluding carboxylic acids is 1. The second-order valence-corrected chi connectivity index (χ2v) is 8.40. The zero-order chi connectivity index (χ0) is 21.1. The zero-order valence-electron chi connectivity index (χ0n) is 18.1. The molecular formula is C27H30N2O. The molecule has 3 nitrogen and oxygen atoms in total. The smallest absolute Gasteiger partial charge is 0.253 e. The van der Waals surface area contributed by atoms with Crippen LogP contribution in [0.2, 0.25) is 0 Å². The van der Waals surface area contributed by atoms with Crippen molar-refractivity contribution in [1.82, 2.24) is 9.80 Å².